The number of hydrogen-bond acceptors (Lipinski definition) is 4. The van der Waals surface area contributed by atoms with E-state index in [9.17, 15) is 4.79 Å². The summed E-state index contributed by atoms with van der Waals surface area (Å²) in [5.74, 6) is 1.56. The summed E-state index contributed by atoms with van der Waals surface area (Å²) in [6.45, 7) is 0. The Balaban J connectivity index is 1.37. The van der Waals surface area contributed by atoms with Gasteiger partial charge in [0.15, 0.2) is 0 Å². The number of benzene rings is 3. The first kappa shape index (κ1) is 15.8. The van der Waals surface area contributed by atoms with Crippen molar-refractivity contribution in [2.75, 3.05) is 5.32 Å². The molecule has 1 saturated carbocycles. The largest absolute Gasteiger partial charge is 0.339 e. The summed E-state index contributed by atoms with van der Waals surface area (Å²) in [7, 11) is 0. The molecule has 0 bridgehead atoms. The monoisotopic (exact) mass is 355 g/mol. The van der Waals surface area contributed by atoms with Crippen molar-refractivity contribution in [2.45, 2.75) is 18.8 Å². The molecule has 27 heavy (non-hydrogen) atoms. The summed E-state index contributed by atoms with van der Waals surface area (Å²) >= 11 is 0. The van der Waals surface area contributed by atoms with Crippen LogP contribution in [0.25, 0.3) is 22.2 Å². The standard InChI is InChI=1S/C22H17N3O2/c26-21(23-19-7-3-5-14-4-1-2-6-18(14)19)16-10-8-15(9-11-16)20-24-22(27-25-20)17-12-13-17/h1-11,17H,12-13H2,(H,23,26). The van der Waals surface area contributed by atoms with E-state index in [4.69, 9.17) is 4.52 Å². The van der Waals surface area contributed by atoms with Crippen LogP contribution in [0.5, 0.6) is 0 Å². The first-order valence-corrected chi connectivity index (χ1v) is 9.01. The summed E-state index contributed by atoms with van der Waals surface area (Å²) in [5, 5.41) is 9.15. The Bertz CT molecular complexity index is 1120. The minimum atomic E-state index is -0.148. The first-order valence-electron chi connectivity index (χ1n) is 9.01. The molecule has 1 aliphatic carbocycles. The predicted octanol–water partition coefficient (Wildman–Crippen LogP) is 5.02. The highest BCUT2D eigenvalue weighted by Gasteiger charge is 2.29. The molecule has 1 fully saturated rings. The third-order valence-electron chi connectivity index (χ3n) is 4.81. The van der Waals surface area contributed by atoms with Gasteiger partial charge < -0.3 is 9.84 Å². The van der Waals surface area contributed by atoms with Gasteiger partial charge in [-0.05, 0) is 36.4 Å². The molecule has 1 heterocycles. The van der Waals surface area contributed by atoms with Crippen LogP contribution in [0.2, 0.25) is 0 Å². The number of carbonyl (C=O) groups excluding carboxylic acids is 1. The number of anilines is 1. The maximum absolute atomic E-state index is 12.6. The van der Waals surface area contributed by atoms with E-state index < -0.39 is 0 Å². The number of carbonyl (C=O) groups is 1. The molecule has 132 valence electrons. The molecule has 0 radical (unpaired) electrons. The summed E-state index contributed by atoms with van der Waals surface area (Å²) < 4.78 is 5.30. The molecule has 0 saturated heterocycles. The number of amides is 1. The van der Waals surface area contributed by atoms with E-state index in [1.807, 2.05) is 54.6 Å². The van der Waals surface area contributed by atoms with Crippen LogP contribution < -0.4 is 5.32 Å². The second-order valence-electron chi connectivity index (χ2n) is 6.79. The van der Waals surface area contributed by atoms with Gasteiger partial charge in [0.1, 0.15) is 0 Å². The Morgan fingerprint density at radius 3 is 2.56 bits per heavy atom. The molecule has 1 aliphatic rings. The number of nitrogens with zero attached hydrogens (tertiary/aromatic N) is 2. The molecule has 3 aromatic carbocycles. The molecule has 5 heteroatoms. The fourth-order valence-corrected chi connectivity index (χ4v) is 3.15. The van der Waals surface area contributed by atoms with Crippen molar-refractivity contribution < 1.29 is 9.32 Å². The van der Waals surface area contributed by atoms with Crippen molar-refractivity contribution in [3.63, 3.8) is 0 Å². The zero-order valence-corrected chi connectivity index (χ0v) is 14.6. The third-order valence-corrected chi connectivity index (χ3v) is 4.81. The van der Waals surface area contributed by atoms with Crippen molar-refractivity contribution in [2.24, 2.45) is 0 Å². The maximum atomic E-state index is 12.6. The Hall–Kier alpha value is -3.47. The van der Waals surface area contributed by atoms with Crippen LogP contribution in [0, 0.1) is 0 Å². The fourth-order valence-electron chi connectivity index (χ4n) is 3.15. The van der Waals surface area contributed by atoms with Gasteiger partial charge >= 0.3 is 0 Å². The lowest BCUT2D eigenvalue weighted by Crippen LogP contribution is -2.12. The molecule has 0 spiro atoms. The van der Waals surface area contributed by atoms with E-state index >= 15 is 0 Å². The highest BCUT2D eigenvalue weighted by atomic mass is 16.5. The Kier molecular flexibility index (Phi) is 3.71. The van der Waals surface area contributed by atoms with E-state index in [0.717, 1.165) is 34.9 Å². The second kappa shape index (κ2) is 6.36. The number of fused-ring (bicyclic) bond motifs is 1. The summed E-state index contributed by atoms with van der Waals surface area (Å²) in [6, 6.07) is 21.1. The summed E-state index contributed by atoms with van der Waals surface area (Å²) in [5.41, 5.74) is 2.22. The maximum Gasteiger partial charge on any atom is 0.255 e. The molecule has 1 amide bonds. The number of aromatic nitrogens is 2. The molecular formula is C22H17N3O2. The van der Waals surface area contributed by atoms with Crippen LogP contribution in [-0.2, 0) is 0 Å². The van der Waals surface area contributed by atoms with Gasteiger partial charge in [0.2, 0.25) is 11.7 Å². The van der Waals surface area contributed by atoms with Gasteiger partial charge in [0, 0.05) is 28.1 Å². The molecule has 5 rings (SSSR count). The lowest BCUT2D eigenvalue weighted by atomic mass is 10.1. The first-order chi connectivity index (χ1) is 13.3. The molecule has 0 unspecified atom stereocenters. The van der Waals surface area contributed by atoms with Gasteiger partial charge in [-0.15, -0.1) is 0 Å². The van der Waals surface area contributed by atoms with Gasteiger partial charge in [-0.25, -0.2) is 0 Å². The third kappa shape index (κ3) is 3.08. The van der Waals surface area contributed by atoms with E-state index in [1.165, 1.54) is 0 Å². The highest BCUT2D eigenvalue weighted by Crippen LogP contribution is 2.39. The van der Waals surface area contributed by atoms with Crippen molar-refractivity contribution in [1.82, 2.24) is 10.1 Å². The molecule has 1 aromatic heterocycles. The van der Waals surface area contributed by atoms with Crippen LogP contribution in [0.3, 0.4) is 0 Å². The van der Waals surface area contributed by atoms with Crippen LogP contribution in [0.15, 0.2) is 71.3 Å². The smallest absolute Gasteiger partial charge is 0.255 e. The van der Waals surface area contributed by atoms with E-state index in [2.05, 4.69) is 15.5 Å². The molecule has 0 aliphatic heterocycles. The summed E-state index contributed by atoms with van der Waals surface area (Å²) in [4.78, 5) is 17.1. The summed E-state index contributed by atoms with van der Waals surface area (Å²) in [6.07, 6.45) is 2.24. The number of nitrogens with one attached hydrogen (secondary N) is 1. The van der Waals surface area contributed by atoms with Crippen LogP contribution >= 0.6 is 0 Å². The molecule has 0 atom stereocenters. The zero-order valence-electron chi connectivity index (χ0n) is 14.6. The normalized spacial score (nSPS) is 13.6. The lowest BCUT2D eigenvalue weighted by molar-refractivity contribution is 0.102. The average molecular weight is 355 g/mol. The molecular weight excluding hydrogens is 338 g/mol. The molecule has 5 nitrogen and oxygen atoms in total. The van der Waals surface area contributed by atoms with Crippen molar-refractivity contribution in [1.29, 1.82) is 0 Å². The van der Waals surface area contributed by atoms with E-state index in [-0.39, 0.29) is 5.91 Å². The van der Waals surface area contributed by atoms with Crippen LogP contribution in [-0.4, -0.2) is 16.0 Å². The van der Waals surface area contributed by atoms with E-state index in [0.29, 0.717) is 23.2 Å². The number of rotatable bonds is 4. The zero-order chi connectivity index (χ0) is 18.2. The Morgan fingerprint density at radius 2 is 1.74 bits per heavy atom. The van der Waals surface area contributed by atoms with Gasteiger partial charge in [0.05, 0.1) is 0 Å². The highest BCUT2D eigenvalue weighted by molar-refractivity contribution is 6.09. The predicted molar refractivity (Wildman–Crippen MR) is 104 cm³/mol. The average Bonchev–Trinajstić information content (AvgIpc) is 3.45. The Morgan fingerprint density at radius 1 is 0.963 bits per heavy atom. The second-order valence-corrected chi connectivity index (χ2v) is 6.79. The van der Waals surface area contributed by atoms with Crippen LogP contribution in [0.1, 0.15) is 35.0 Å². The quantitative estimate of drug-likeness (QED) is 0.558. The van der Waals surface area contributed by atoms with Crippen LogP contribution in [0.4, 0.5) is 5.69 Å². The minimum Gasteiger partial charge on any atom is -0.339 e. The van der Waals surface area contributed by atoms with Crippen molar-refractivity contribution in [3.05, 3.63) is 78.2 Å². The Labute approximate surface area is 156 Å². The lowest BCUT2D eigenvalue weighted by Gasteiger charge is -2.09. The topological polar surface area (TPSA) is 68.0 Å². The van der Waals surface area contributed by atoms with E-state index in [1.54, 1.807) is 12.1 Å². The number of hydrogen-bond donors (Lipinski definition) is 1. The van der Waals surface area contributed by atoms with Gasteiger partial charge in [0.25, 0.3) is 5.91 Å². The van der Waals surface area contributed by atoms with Crippen molar-refractivity contribution >= 4 is 22.4 Å². The molecule has 1 N–H and O–H groups in total. The van der Waals surface area contributed by atoms with Gasteiger partial charge in [-0.2, -0.15) is 4.98 Å². The fraction of sp³-hybridized carbons (Fsp3) is 0.136. The minimum absolute atomic E-state index is 0.148. The molecule has 4 aromatic rings. The van der Waals surface area contributed by atoms with Crippen molar-refractivity contribution in [3.8, 4) is 11.4 Å². The van der Waals surface area contributed by atoms with Gasteiger partial charge in [-0.3, -0.25) is 4.79 Å². The van der Waals surface area contributed by atoms with Gasteiger partial charge in [-0.1, -0.05) is 53.7 Å². The SMILES string of the molecule is O=C(Nc1cccc2ccccc12)c1ccc(-c2noc(C3CC3)n2)cc1.